The zero-order valence-electron chi connectivity index (χ0n) is 30.8. The van der Waals surface area contributed by atoms with Crippen molar-refractivity contribution in [3.05, 3.63) is 150 Å². The number of benzene rings is 3. The second kappa shape index (κ2) is 17.1. The van der Waals surface area contributed by atoms with Gasteiger partial charge in [0.15, 0.2) is 12.4 Å². The number of imidazole rings is 2. The van der Waals surface area contributed by atoms with Crippen molar-refractivity contribution in [1.29, 1.82) is 0 Å². The van der Waals surface area contributed by atoms with E-state index in [2.05, 4.69) is 4.98 Å². The number of rotatable bonds is 5. The van der Waals surface area contributed by atoms with Crippen LogP contribution in [0.15, 0.2) is 110 Å². The fourth-order valence-electron chi connectivity index (χ4n) is 6.38. The van der Waals surface area contributed by atoms with Gasteiger partial charge in [-0.25, -0.2) is 9.13 Å². The van der Waals surface area contributed by atoms with E-state index in [4.69, 9.17) is 0 Å². The fraction of sp³-hybridized carbons (Fsp3) is 0.216. The Morgan fingerprint density at radius 1 is 0.484 bits per heavy atom. The Balaban J connectivity index is 0.000000337. The number of nitrogens with zero attached hydrogens (tertiary/aromatic N) is 5. The predicted octanol–water partition coefficient (Wildman–Crippen LogP) is 10.8. The van der Waals surface area contributed by atoms with E-state index < -0.39 is 87.8 Å². The average Bonchev–Trinajstić information content (AvgIpc) is 3.78. The van der Waals surface area contributed by atoms with E-state index in [9.17, 15) is 79.0 Å². The molecule has 335 valence electrons. The first-order valence-corrected chi connectivity index (χ1v) is 16.8. The predicted molar refractivity (Wildman–Crippen MR) is 183 cm³/mol. The van der Waals surface area contributed by atoms with Crippen LogP contribution in [-0.4, -0.2) is 29.5 Å². The van der Waals surface area contributed by atoms with Crippen molar-refractivity contribution in [3.63, 3.8) is 0 Å². The number of hydrogen-bond donors (Lipinski definition) is 0. The smallest absolute Gasteiger partial charge is 0.366 e. The van der Waals surface area contributed by atoms with Gasteiger partial charge in [-0.2, -0.15) is 90.0 Å². The van der Waals surface area contributed by atoms with Crippen LogP contribution >= 0.6 is 0 Å². The zero-order chi connectivity index (χ0) is 45.7. The van der Waals surface area contributed by atoms with Gasteiger partial charge in [-0.1, -0.05) is 36.4 Å². The minimum Gasteiger partial charge on any atom is -0.366 e. The van der Waals surface area contributed by atoms with Crippen LogP contribution < -0.4 is 10.9 Å². The van der Waals surface area contributed by atoms with Crippen LogP contribution in [0.2, 0.25) is 0 Å². The summed E-state index contributed by atoms with van der Waals surface area (Å²) in [6.45, 7) is 0. The molecular weight excluding hydrogens is 1060 g/mol. The monoisotopic (exact) mass is 1080 g/mol. The molecule has 3 aromatic heterocycles. The molecule has 1 radical (unpaired) electrons. The molecule has 0 bridgehead atoms. The second-order valence-corrected chi connectivity index (χ2v) is 13.4. The molecule has 62 heavy (non-hydrogen) atoms. The van der Waals surface area contributed by atoms with E-state index in [-0.39, 0.29) is 49.6 Å². The molecule has 0 saturated carbocycles. The molecular formula is C37H24BF18IrN5. The van der Waals surface area contributed by atoms with Gasteiger partial charge in [-0.15, -0.1) is 23.8 Å². The summed E-state index contributed by atoms with van der Waals surface area (Å²) in [6.07, 6.45) is -26.6. The Morgan fingerprint density at radius 2 is 0.855 bits per heavy atom. The van der Waals surface area contributed by atoms with Gasteiger partial charge in [0.1, 0.15) is 25.0 Å². The molecule has 0 unspecified atom stereocenters. The van der Waals surface area contributed by atoms with E-state index in [1.807, 2.05) is 6.07 Å². The third-order valence-electron chi connectivity index (χ3n) is 9.03. The van der Waals surface area contributed by atoms with Gasteiger partial charge in [0.25, 0.3) is 0 Å². The minimum atomic E-state index is -5.36. The topological polar surface area (TPSA) is 32.6 Å². The molecule has 0 aliphatic heterocycles. The summed E-state index contributed by atoms with van der Waals surface area (Å²) >= 11 is 0. The van der Waals surface area contributed by atoms with Crippen molar-refractivity contribution >= 4 is 17.3 Å². The first-order chi connectivity index (χ1) is 27.8. The number of pyridine rings is 1. The van der Waals surface area contributed by atoms with E-state index in [1.165, 1.54) is 60.0 Å². The number of alkyl halides is 18. The van der Waals surface area contributed by atoms with Crippen molar-refractivity contribution in [1.82, 2.24) is 23.1 Å². The first-order valence-electron chi connectivity index (χ1n) is 16.8. The Morgan fingerprint density at radius 3 is 1.15 bits per heavy atom. The van der Waals surface area contributed by atoms with Gasteiger partial charge in [-0.05, 0) is 35.0 Å². The standard InChI is InChI=1S/C24H18BF12N4.C13H6F6N.Ir/c1-38-3-5-40(13-38)25(41-6-4-39(2)14-41,19-9-15(21(26,27)28)7-16(10-19)22(29,30)31)20-11-17(23(32,33)34)8-18(12-20)24(35,36)37;14-12(15,16)9-5-8(11-3-1-2-4-20-11)6-10(7-9)13(17,18)19;/h3-14H,1-2H3;1-5,7H;/q+1;-1;. The van der Waals surface area contributed by atoms with Crippen LogP contribution in [0, 0.1) is 6.07 Å². The van der Waals surface area contributed by atoms with Crippen molar-refractivity contribution < 1.29 is 99.1 Å². The third kappa shape index (κ3) is 10.8. The maximum atomic E-state index is 13.9. The molecule has 0 atom stereocenters. The summed E-state index contributed by atoms with van der Waals surface area (Å²) in [5, 5.41) is 0. The van der Waals surface area contributed by atoms with E-state index in [1.54, 1.807) is 0 Å². The normalized spacial score (nSPS) is 13.0. The zero-order valence-corrected chi connectivity index (χ0v) is 33.2. The van der Waals surface area contributed by atoms with Crippen LogP contribution in [0.1, 0.15) is 33.4 Å². The Hall–Kier alpha value is -5.32. The number of hydrogen-bond acceptors (Lipinski definition) is 1. The second-order valence-electron chi connectivity index (χ2n) is 13.4. The van der Waals surface area contributed by atoms with Crippen molar-refractivity contribution in [2.24, 2.45) is 14.1 Å². The molecule has 3 heterocycles. The van der Waals surface area contributed by atoms with Gasteiger partial charge in [0.2, 0.25) is 0 Å². The van der Waals surface area contributed by atoms with Gasteiger partial charge in [0.05, 0.1) is 22.3 Å². The van der Waals surface area contributed by atoms with Gasteiger partial charge in [-0.3, -0.25) is 0 Å². The maximum absolute atomic E-state index is 13.9. The first kappa shape index (κ1) is 49.3. The van der Waals surface area contributed by atoms with Crippen molar-refractivity contribution in [3.8, 4) is 11.3 Å². The van der Waals surface area contributed by atoms with Gasteiger partial charge < -0.3 is 13.9 Å². The molecule has 0 spiro atoms. The number of aryl methyl sites for hydroxylation is 2. The van der Waals surface area contributed by atoms with Crippen molar-refractivity contribution in [2.45, 2.75) is 37.1 Å². The maximum Gasteiger partial charge on any atom is 0.416 e. The molecule has 5 nitrogen and oxygen atoms in total. The van der Waals surface area contributed by atoms with Crippen LogP contribution in [0.4, 0.5) is 79.0 Å². The molecule has 6 aromatic rings. The van der Waals surface area contributed by atoms with E-state index in [0.717, 1.165) is 34.0 Å². The quantitative estimate of drug-likeness (QED) is 0.0962. The number of aromatic nitrogens is 5. The van der Waals surface area contributed by atoms with Crippen LogP contribution in [0.5, 0.6) is 0 Å². The molecule has 0 amide bonds. The summed E-state index contributed by atoms with van der Waals surface area (Å²) in [7, 11) is 2.79. The Kier molecular flexibility index (Phi) is 13.6. The summed E-state index contributed by atoms with van der Waals surface area (Å²) in [5.74, 6) is 0. The molecule has 0 saturated heterocycles. The molecule has 25 heteroatoms. The van der Waals surface area contributed by atoms with E-state index >= 15 is 0 Å². The largest absolute Gasteiger partial charge is 0.416 e. The van der Waals surface area contributed by atoms with E-state index in [0.29, 0.717) is 30.3 Å². The van der Waals surface area contributed by atoms with Crippen LogP contribution in [-0.2, 0) is 71.3 Å². The Labute approximate surface area is 351 Å². The molecule has 0 N–H and O–H groups in total. The Bertz CT molecular complexity index is 2280. The molecule has 0 aliphatic rings. The van der Waals surface area contributed by atoms with Crippen LogP contribution in [0.25, 0.3) is 11.3 Å². The molecule has 0 fully saturated rings. The molecule has 0 aliphatic carbocycles. The summed E-state index contributed by atoms with van der Waals surface area (Å²) in [4.78, 5) is 3.73. The SMILES string of the molecule is Cn1ccn([B-](c2cc(C(F)(F)F)cc(C(F)(F)F)c2)(c2cc(C(F)(F)F)cc(C(F)(F)F)c2)n2ccn(C)[cH+]2)[cH+]1.FC(F)(F)c1[c-]c(-c2ccccn2)cc(C(F)(F)F)c1.[Ir]. The summed E-state index contributed by atoms with van der Waals surface area (Å²) in [5.41, 5.74) is -12.1. The minimum absolute atomic E-state index is 0. The summed E-state index contributed by atoms with van der Waals surface area (Å²) in [6, 6.07) is 7.65. The van der Waals surface area contributed by atoms with Gasteiger partial charge >= 0.3 is 43.5 Å². The van der Waals surface area contributed by atoms with Crippen LogP contribution in [0.3, 0.4) is 0 Å². The molecule has 3 aromatic carbocycles. The van der Waals surface area contributed by atoms with Gasteiger partial charge in [0, 0.05) is 40.4 Å². The van der Waals surface area contributed by atoms with Crippen molar-refractivity contribution in [2.75, 3.05) is 0 Å². The third-order valence-corrected chi connectivity index (χ3v) is 9.03. The average molecular weight is 1080 g/mol. The molecule has 6 rings (SSSR count). The summed E-state index contributed by atoms with van der Waals surface area (Å²) < 4.78 is 247. The number of halogens is 18. The fourth-order valence-corrected chi connectivity index (χ4v) is 6.38.